The molecule has 0 N–H and O–H groups in total. The molecule has 19 heavy (non-hydrogen) atoms. The largest absolute Gasteiger partial charge is 0.299 e. The molecule has 3 heteroatoms. The average molecular weight is 278 g/mol. The molecule has 0 aliphatic rings. The maximum Gasteiger partial charge on any atom is 0.162 e. The lowest BCUT2D eigenvalue weighted by atomic mass is 10.0. The van der Waals surface area contributed by atoms with Crippen LogP contribution >= 0.6 is 11.8 Å². The molecule has 1 rings (SSSR count). The Morgan fingerprint density at radius 3 is 2.21 bits per heavy atom. The summed E-state index contributed by atoms with van der Waals surface area (Å²) >= 11 is 1.59. The van der Waals surface area contributed by atoms with Crippen LogP contribution in [0.4, 0.5) is 0 Å². The van der Waals surface area contributed by atoms with E-state index in [1.54, 1.807) is 11.8 Å². The van der Waals surface area contributed by atoms with Gasteiger partial charge in [0.25, 0.3) is 0 Å². The van der Waals surface area contributed by atoms with Crippen LogP contribution in [0.1, 0.15) is 48.9 Å². The molecular formula is C16H22O2S. The molecule has 1 aromatic rings. The fourth-order valence-electron chi connectivity index (χ4n) is 1.96. The van der Waals surface area contributed by atoms with Crippen molar-refractivity contribution < 1.29 is 9.59 Å². The van der Waals surface area contributed by atoms with Gasteiger partial charge >= 0.3 is 0 Å². The Morgan fingerprint density at radius 2 is 1.58 bits per heavy atom. The van der Waals surface area contributed by atoms with Crippen molar-refractivity contribution in [1.82, 2.24) is 0 Å². The highest BCUT2D eigenvalue weighted by molar-refractivity contribution is 7.99. The molecule has 0 amide bonds. The summed E-state index contributed by atoms with van der Waals surface area (Å²) in [6.07, 6.45) is 7.21. The van der Waals surface area contributed by atoms with Crippen molar-refractivity contribution in [1.29, 1.82) is 0 Å². The van der Waals surface area contributed by atoms with E-state index in [1.165, 1.54) is 0 Å². The third-order valence-electron chi connectivity index (χ3n) is 3.01. The van der Waals surface area contributed by atoms with Gasteiger partial charge in [-0.1, -0.05) is 43.2 Å². The van der Waals surface area contributed by atoms with Gasteiger partial charge in [0.2, 0.25) is 0 Å². The summed E-state index contributed by atoms with van der Waals surface area (Å²) in [4.78, 5) is 23.1. The van der Waals surface area contributed by atoms with E-state index < -0.39 is 0 Å². The Morgan fingerprint density at radius 1 is 0.947 bits per heavy atom. The highest BCUT2D eigenvalue weighted by Crippen LogP contribution is 2.10. The third-order valence-corrected chi connectivity index (χ3v) is 3.62. The van der Waals surface area contributed by atoms with Crippen LogP contribution in [0.5, 0.6) is 0 Å². The van der Waals surface area contributed by atoms with Gasteiger partial charge in [0.05, 0.1) is 5.75 Å². The summed E-state index contributed by atoms with van der Waals surface area (Å²) in [6, 6.07) is 9.43. The van der Waals surface area contributed by atoms with Gasteiger partial charge in [-0.05, 0) is 19.1 Å². The Bertz CT molecular complexity index is 387. The summed E-state index contributed by atoms with van der Waals surface area (Å²) in [7, 11) is 0. The highest BCUT2D eigenvalue weighted by Gasteiger charge is 2.04. The van der Waals surface area contributed by atoms with E-state index in [0.717, 1.165) is 31.2 Å². The van der Waals surface area contributed by atoms with E-state index in [1.807, 2.05) is 36.6 Å². The molecule has 0 atom stereocenters. The van der Waals surface area contributed by atoms with Crippen LogP contribution in [0.25, 0.3) is 0 Å². The molecule has 2 nitrogen and oxygen atoms in total. The van der Waals surface area contributed by atoms with Crippen molar-refractivity contribution in [2.45, 2.75) is 38.5 Å². The maximum atomic E-state index is 11.8. The number of hydrogen-bond acceptors (Lipinski definition) is 3. The normalized spacial score (nSPS) is 10.4. The maximum absolute atomic E-state index is 11.8. The summed E-state index contributed by atoms with van der Waals surface area (Å²) in [5.41, 5.74) is 0.803. The smallest absolute Gasteiger partial charge is 0.162 e. The predicted octanol–water partition coefficient (Wildman–Crippen LogP) is 4.14. The first-order valence-electron chi connectivity index (χ1n) is 6.83. The van der Waals surface area contributed by atoms with Gasteiger partial charge in [-0.3, -0.25) is 9.59 Å². The van der Waals surface area contributed by atoms with E-state index in [2.05, 4.69) is 0 Å². The minimum Gasteiger partial charge on any atom is -0.299 e. The lowest BCUT2D eigenvalue weighted by molar-refractivity contribution is -0.116. The van der Waals surface area contributed by atoms with Crippen LogP contribution in [-0.4, -0.2) is 23.6 Å². The lowest BCUT2D eigenvalue weighted by Gasteiger charge is -2.02. The molecule has 1 aromatic carbocycles. The number of carbonyl (C=O) groups excluding carboxylic acids is 2. The summed E-state index contributed by atoms with van der Waals surface area (Å²) in [5, 5.41) is 0. The van der Waals surface area contributed by atoms with Gasteiger partial charge in [0.15, 0.2) is 5.78 Å². The molecular weight excluding hydrogens is 256 g/mol. The third kappa shape index (κ3) is 7.16. The monoisotopic (exact) mass is 278 g/mol. The number of ketones is 2. The number of carbonyl (C=O) groups is 2. The molecule has 0 aliphatic heterocycles. The van der Waals surface area contributed by atoms with Crippen LogP contribution in [0.3, 0.4) is 0 Å². The fourth-order valence-corrected chi connectivity index (χ4v) is 2.43. The number of benzene rings is 1. The minimum atomic E-state index is 0.221. The van der Waals surface area contributed by atoms with Gasteiger partial charge in [0, 0.05) is 18.4 Å². The van der Waals surface area contributed by atoms with Crippen LogP contribution in [0.2, 0.25) is 0 Å². The van der Waals surface area contributed by atoms with Crippen molar-refractivity contribution in [3.05, 3.63) is 35.9 Å². The Hall–Kier alpha value is -1.09. The van der Waals surface area contributed by atoms with E-state index in [-0.39, 0.29) is 5.78 Å². The van der Waals surface area contributed by atoms with E-state index >= 15 is 0 Å². The molecule has 104 valence electrons. The number of unbranched alkanes of at least 4 members (excludes halogenated alkanes) is 3. The number of thioether (sulfide) groups is 1. The average Bonchev–Trinajstić information content (AvgIpc) is 2.43. The van der Waals surface area contributed by atoms with Crippen LogP contribution in [0, 0.1) is 0 Å². The molecule has 0 bridgehead atoms. The summed E-state index contributed by atoms with van der Waals surface area (Å²) < 4.78 is 0. The second-order valence-electron chi connectivity index (χ2n) is 4.68. The van der Waals surface area contributed by atoms with Gasteiger partial charge in [0.1, 0.15) is 5.78 Å². The predicted molar refractivity (Wildman–Crippen MR) is 81.9 cm³/mol. The van der Waals surface area contributed by atoms with Crippen molar-refractivity contribution in [3.63, 3.8) is 0 Å². The quantitative estimate of drug-likeness (QED) is 0.476. The first-order chi connectivity index (χ1) is 9.24. The van der Waals surface area contributed by atoms with Gasteiger partial charge < -0.3 is 0 Å². The minimum absolute atomic E-state index is 0.221. The van der Waals surface area contributed by atoms with Crippen LogP contribution in [-0.2, 0) is 4.79 Å². The van der Waals surface area contributed by atoms with Crippen LogP contribution in [0.15, 0.2) is 30.3 Å². The van der Waals surface area contributed by atoms with Crippen molar-refractivity contribution in [2.75, 3.05) is 12.0 Å². The zero-order valence-electron chi connectivity index (χ0n) is 11.6. The molecule has 0 unspecified atom stereocenters. The summed E-state index contributed by atoms with van der Waals surface area (Å²) in [6.45, 7) is 0. The van der Waals surface area contributed by atoms with Crippen molar-refractivity contribution in [2.24, 2.45) is 0 Å². The number of rotatable bonds is 10. The second kappa shape index (κ2) is 9.79. The number of hydrogen-bond donors (Lipinski definition) is 0. The van der Waals surface area contributed by atoms with E-state index in [9.17, 15) is 9.59 Å². The SMILES string of the molecule is CSCC(=O)CCCCCCC(=O)c1ccccc1. The standard InChI is InChI=1S/C16H22O2S/c1-19-13-15(17)11-7-2-3-8-12-16(18)14-9-5-4-6-10-14/h4-6,9-10H,2-3,7-8,11-13H2,1H3. The number of Topliss-reactive ketones (excluding diaryl/α,β-unsaturated/α-hetero) is 2. The van der Waals surface area contributed by atoms with Crippen molar-refractivity contribution >= 4 is 23.3 Å². The topological polar surface area (TPSA) is 34.1 Å². The first-order valence-corrected chi connectivity index (χ1v) is 8.22. The highest BCUT2D eigenvalue weighted by atomic mass is 32.2. The van der Waals surface area contributed by atoms with Gasteiger partial charge in [-0.2, -0.15) is 11.8 Å². The van der Waals surface area contributed by atoms with E-state index in [4.69, 9.17) is 0 Å². The molecule has 0 aliphatic carbocycles. The second-order valence-corrected chi connectivity index (χ2v) is 5.54. The molecule has 0 fully saturated rings. The molecule has 0 saturated carbocycles. The van der Waals surface area contributed by atoms with Gasteiger partial charge in [-0.15, -0.1) is 0 Å². The molecule has 0 heterocycles. The fraction of sp³-hybridized carbons (Fsp3) is 0.500. The Balaban J connectivity index is 2.05. The first kappa shape index (κ1) is 16.0. The van der Waals surface area contributed by atoms with E-state index in [0.29, 0.717) is 24.4 Å². The van der Waals surface area contributed by atoms with Crippen LogP contribution < -0.4 is 0 Å². The Kier molecular flexibility index (Phi) is 8.23. The Labute approximate surface area is 120 Å². The van der Waals surface area contributed by atoms with Crippen molar-refractivity contribution in [3.8, 4) is 0 Å². The summed E-state index contributed by atoms with van der Waals surface area (Å²) in [5.74, 6) is 1.19. The zero-order chi connectivity index (χ0) is 13.9. The molecule has 0 radical (unpaired) electrons. The zero-order valence-corrected chi connectivity index (χ0v) is 12.4. The molecule has 0 aromatic heterocycles. The van der Waals surface area contributed by atoms with Gasteiger partial charge in [-0.25, -0.2) is 0 Å². The molecule has 0 spiro atoms. The molecule has 0 saturated heterocycles. The lowest BCUT2D eigenvalue weighted by Crippen LogP contribution is -2.01.